The number of hydrogen-bond donors (Lipinski definition) is 2. The van der Waals surface area contributed by atoms with Gasteiger partial charge in [-0.25, -0.2) is 4.79 Å². The lowest BCUT2D eigenvalue weighted by molar-refractivity contribution is -0.138. The molecule has 0 bridgehead atoms. The molecule has 21 heavy (non-hydrogen) atoms. The van der Waals surface area contributed by atoms with E-state index in [0.717, 1.165) is 24.8 Å². The van der Waals surface area contributed by atoms with Crippen molar-refractivity contribution in [1.29, 1.82) is 0 Å². The van der Waals surface area contributed by atoms with Crippen LogP contribution in [0.3, 0.4) is 0 Å². The molecule has 0 spiro atoms. The minimum atomic E-state index is -0.876. The highest BCUT2D eigenvalue weighted by molar-refractivity contribution is 6.31. The van der Waals surface area contributed by atoms with Crippen LogP contribution in [0, 0.1) is 6.92 Å². The van der Waals surface area contributed by atoms with E-state index in [4.69, 9.17) is 16.7 Å². The van der Waals surface area contributed by atoms with Gasteiger partial charge in [-0.2, -0.15) is 0 Å². The number of piperidine rings is 1. The van der Waals surface area contributed by atoms with Crippen LogP contribution in [-0.4, -0.2) is 34.6 Å². The third-order valence-corrected chi connectivity index (χ3v) is 3.97. The summed E-state index contributed by atoms with van der Waals surface area (Å²) in [4.78, 5) is 24.9. The van der Waals surface area contributed by atoms with Crippen molar-refractivity contribution in [3.63, 3.8) is 0 Å². The van der Waals surface area contributed by atoms with Crippen molar-refractivity contribution < 1.29 is 14.7 Å². The predicted molar refractivity (Wildman–Crippen MR) is 81.8 cm³/mol. The summed E-state index contributed by atoms with van der Waals surface area (Å²) in [5, 5.41) is 12.3. The molecular formula is C15H19ClN2O3. The fourth-order valence-corrected chi connectivity index (χ4v) is 2.77. The Bertz CT molecular complexity index is 548. The standard InChI is InChI=1S/C15H19ClN2O3/c1-10-5-6-11(16)8-13(10)17-15(21)18-7-3-2-4-12(18)9-14(19)20/h5-6,8,12H,2-4,7,9H2,1H3,(H,17,21)(H,19,20). The Morgan fingerprint density at radius 2 is 2.19 bits per heavy atom. The molecule has 1 fully saturated rings. The molecule has 114 valence electrons. The largest absolute Gasteiger partial charge is 0.481 e. The fourth-order valence-electron chi connectivity index (χ4n) is 2.60. The second-order valence-electron chi connectivity index (χ2n) is 5.33. The van der Waals surface area contributed by atoms with E-state index in [-0.39, 0.29) is 18.5 Å². The molecule has 0 aliphatic carbocycles. The summed E-state index contributed by atoms with van der Waals surface area (Å²) < 4.78 is 0. The van der Waals surface area contributed by atoms with Gasteiger partial charge in [-0.15, -0.1) is 0 Å². The topological polar surface area (TPSA) is 69.6 Å². The van der Waals surface area contributed by atoms with Gasteiger partial charge in [0.05, 0.1) is 6.42 Å². The molecule has 1 aromatic carbocycles. The van der Waals surface area contributed by atoms with Crippen molar-refractivity contribution in [2.45, 2.75) is 38.6 Å². The first-order valence-electron chi connectivity index (χ1n) is 7.03. The number of urea groups is 1. The first-order valence-corrected chi connectivity index (χ1v) is 7.40. The van der Waals surface area contributed by atoms with Crippen LogP contribution in [-0.2, 0) is 4.79 Å². The van der Waals surface area contributed by atoms with Crippen LogP contribution in [0.15, 0.2) is 18.2 Å². The molecule has 0 aromatic heterocycles. The van der Waals surface area contributed by atoms with Gasteiger partial charge in [0, 0.05) is 23.3 Å². The summed E-state index contributed by atoms with van der Waals surface area (Å²) >= 11 is 5.94. The van der Waals surface area contributed by atoms with Crippen molar-refractivity contribution in [2.24, 2.45) is 0 Å². The van der Waals surface area contributed by atoms with E-state index in [1.807, 2.05) is 13.0 Å². The molecular weight excluding hydrogens is 292 g/mol. The monoisotopic (exact) mass is 310 g/mol. The molecule has 2 N–H and O–H groups in total. The quantitative estimate of drug-likeness (QED) is 0.897. The van der Waals surface area contributed by atoms with E-state index in [1.54, 1.807) is 17.0 Å². The first kappa shape index (κ1) is 15.6. The number of anilines is 1. The number of aliphatic carboxylic acids is 1. The number of carboxylic acids is 1. The van der Waals surface area contributed by atoms with Gasteiger partial charge in [0.1, 0.15) is 0 Å². The number of likely N-dealkylation sites (tertiary alicyclic amines) is 1. The van der Waals surface area contributed by atoms with E-state index in [0.29, 0.717) is 17.3 Å². The average molecular weight is 311 g/mol. The van der Waals surface area contributed by atoms with Crippen molar-refractivity contribution in [1.82, 2.24) is 4.90 Å². The number of benzene rings is 1. The zero-order chi connectivity index (χ0) is 15.4. The number of carbonyl (C=O) groups is 2. The minimum absolute atomic E-state index is 0.0120. The highest BCUT2D eigenvalue weighted by Crippen LogP contribution is 2.24. The normalized spacial score (nSPS) is 18.4. The Kier molecular flexibility index (Phi) is 5.07. The zero-order valence-corrected chi connectivity index (χ0v) is 12.7. The number of hydrogen-bond acceptors (Lipinski definition) is 2. The van der Waals surface area contributed by atoms with Crippen molar-refractivity contribution in [2.75, 3.05) is 11.9 Å². The number of carboxylic acid groups (broad SMARTS) is 1. The molecule has 2 rings (SSSR count). The highest BCUT2D eigenvalue weighted by Gasteiger charge is 2.28. The van der Waals surface area contributed by atoms with Crippen LogP contribution in [0.1, 0.15) is 31.2 Å². The lowest BCUT2D eigenvalue weighted by Gasteiger charge is -2.35. The number of amides is 2. The molecule has 2 amide bonds. The zero-order valence-electron chi connectivity index (χ0n) is 11.9. The molecule has 1 aromatic rings. The molecule has 5 nitrogen and oxygen atoms in total. The fraction of sp³-hybridized carbons (Fsp3) is 0.467. The highest BCUT2D eigenvalue weighted by atomic mass is 35.5. The predicted octanol–water partition coefficient (Wildman–Crippen LogP) is 3.51. The maximum Gasteiger partial charge on any atom is 0.322 e. The lowest BCUT2D eigenvalue weighted by Crippen LogP contribution is -2.46. The third kappa shape index (κ3) is 4.11. The number of aryl methyl sites for hydroxylation is 1. The molecule has 1 aliphatic heterocycles. The molecule has 0 saturated carbocycles. The van der Waals surface area contributed by atoms with Gasteiger partial charge >= 0.3 is 12.0 Å². The van der Waals surface area contributed by atoms with Gasteiger partial charge in [0.25, 0.3) is 0 Å². The van der Waals surface area contributed by atoms with Gasteiger partial charge in [-0.1, -0.05) is 17.7 Å². The SMILES string of the molecule is Cc1ccc(Cl)cc1NC(=O)N1CCCCC1CC(=O)O. The second-order valence-corrected chi connectivity index (χ2v) is 5.77. The van der Waals surface area contributed by atoms with Gasteiger partial charge in [0.15, 0.2) is 0 Å². The third-order valence-electron chi connectivity index (χ3n) is 3.74. The molecule has 1 atom stereocenters. The summed E-state index contributed by atoms with van der Waals surface area (Å²) in [6.07, 6.45) is 2.58. The van der Waals surface area contributed by atoms with Crippen LogP contribution in [0.2, 0.25) is 5.02 Å². The van der Waals surface area contributed by atoms with Crippen molar-refractivity contribution in [3.8, 4) is 0 Å². The Labute approximate surface area is 128 Å². The molecule has 0 radical (unpaired) electrons. The van der Waals surface area contributed by atoms with Gasteiger partial charge in [-0.05, 0) is 43.9 Å². The van der Waals surface area contributed by atoms with Crippen LogP contribution in [0.25, 0.3) is 0 Å². The number of rotatable bonds is 3. The maximum absolute atomic E-state index is 12.4. The second kappa shape index (κ2) is 6.80. The summed E-state index contributed by atoms with van der Waals surface area (Å²) in [5.41, 5.74) is 1.58. The van der Waals surface area contributed by atoms with Crippen molar-refractivity contribution >= 4 is 29.3 Å². The van der Waals surface area contributed by atoms with Crippen LogP contribution in [0.4, 0.5) is 10.5 Å². The lowest BCUT2D eigenvalue weighted by atomic mass is 10.00. The first-order chi connectivity index (χ1) is 9.97. The number of nitrogens with one attached hydrogen (secondary N) is 1. The summed E-state index contributed by atoms with van der Waals surface area (Å²) in [6, 6.07) is 4.80. The minimum Gasteiger partial charge on any atom is -0.481 e. The summed E-state index contributed by atoms with van der Waals surface area (Å²) in [5.74, 6) is -0.876. The Morgan fingerprint density at radius 1 is 1.43 bits per heavy atom. The van der Waals surface area contributed by atoms with Crippen LogP contribution in [0.5, 0.6) is 0 Å². The van der Waals surface area contributed by atoms with Crippen molar-refractivity contribution in [3.05, 3.63) is 28.8 Å². The van der Waals surface area contributed by atoms with Gasteiger partial charge in [-0.3, -0.25) is 4.79 Å². The Balaban J connectivity index is 2.10. The molecule has 1 heterocycles. The number of carbonyl (C=O) groups excluding carboxylic acids is 1. The average Bonchev–Trinajstić information content (AvgIpc) is 2.42. The smallest absolute Gasteiger partial charge is 0.322 e. The van der Waals surface area contributed by atoms with E-state index < -0.39 is 5.97 Å². The number of halogens is 1. The van der Waals surface area contributed by atoms with E-state index in [2.05, 4.69) is 5.32 Å². The summed E-state index contributed by atoms with van der Waals surface area (Å²) in [6.45, 7) is 2.47. The molecule has 1 saturated heterocycles. The van der Waals surface area contributed by atoms with E-state index in [1.165, 1.54) is 0 Å². The van der Waals surface area contributed by atoms with Gasteiger partial charge in [0.2, 0.25) is 0 Å². The maximum atomic E-state index is 12.4. The number of nitrogens with zero attached hydrogens (tertiary/aromatic N) is 1. The molecule has 6 heteroatoms. The Morgan fingerprint density at radius 3 is 2.90 bits per heavy atom. The molecule has 1 unspecified atom stereocenters. The van der Waals surface area contributed by atoms with Crippen LogP contribution >= 0.6 is 11.6 Å². The summed E-state index contributed by atoms with van der Waals surface area (Å²) in [7, 11) is 0. The Hall–Kier alpha value is -1.75. The van der Waals surface area contributed by atoms with E-state index in [9.17, 15) is 9.59 Å². The van der Waals surface area contributed by atoms with E-state index >= 15 is 0 Å². The molecule has 1 aliphatic rings. The van der Waals surface area contributed by atoms with Crippen LogP contribution < -0.4 is 5.32 Å². The van der Waals surface area contributed by atoms with Gasteiger partial charge < -0.3 is 15.3 Å².